The van der Waals surface area contributed by atoms with E-state index in [1.807, 2.05) is 37.3 Å². The van der Waals surface area contributed by atoms with Crippen LogP contribution in [0.2, 0.25) is 0 Å². The fraction of sp³-hybridized carbons (Fsp3) is 0.250. The highest BCUT2D eigenvalue weighted by Gasteiger charge is 2.27. The molecule has 1 aliphatic rings. The van der Waals surface area contributed by atoms with Crippen LogP contribution in [0.1, 0.15) is 32.3 Å². The van der Waals surface area contributed by atoms with Crippen LogP contribution in [0.5, 0.6) is 0 Å². The molecule has 0 N–H and O–H groups in total. The average Bonchev–Trinajstić information content (AvgIpc) is 2.41. The zero-order valence-electron chi connectivity index (χ0n) is 10.9. The lowest BCUT2D eigenvalue weighted by molar-refractivity contribution is -0.116. The zero-order valence-corrected chi connectivity index (χ0v) is 10.9. The van der Waals surface area contributed by atoms with Gasteiger partial charge in [0.2, 0.25) is 0 Å². The van der Waals surface area contributed by atoms with E-state index in [0.717, 1.165) is 5.56 Å². The predicted molar refractivity (Wildman–Crippen MR) is 71.3 cm³/mol. The Hall–Kier alpha value is -1.96. The van der Waals surface area contributed by atoms with Crippen LogP contribution in [0.3, 0.4) is 0 Å². The molecule has 0 amide bonds. The summed E-state index contributed by atoms with van der Waals surface area (Å²) in [6.07, 6.45) is 1.49. The summed E-state index contributed by atoms with van der Waals surface area (Å²) < 4.78 is 0. The number of hydrogen-bond acceptors (Lipinski definition) is 2. The van der Waals surface area contributed by atoms with Crippen molar-refractivity contribution in [1.29, 1.82) is 0 Å². The quantitative estimate of drug-likeness (QED) is 0.744. The van der Waals surface area contributed by atoms with Crippen LogP contribution < -0.4 is 0 Å². The minimum atomic E-state index is -0.0510. The van der Waals surface area contributed by atoms with E-state index in [2.05, 4.69) is 0 Å². The third-order valence-electron chi connectivity index (χ3n) is 3.59. The summed E-state index contributed by atoms with van der Waals surface area (Å²) in [5.41, 5.74) is 2.77. The summed E-state index contributed by atoms with van der Waals surface area (Å²) >= 11 is 0. The molecule has 0 spiro atoms. The molecule has 2 heteroatoms. The molecule has 1 aliphatic carbocycles. The predicted octanol–water partition coefficient (Wildman–Crippen LogP) is 3.20. The van der Waals surface area contributed by atoms with Crippen molar-refractivity contribution in [2.24, 2.45) is 0 Å². The molecule has 0 aliphatic heterocycles. The topological polar surface area (TPSA) is 34.1 Å². The molecule has 0 radical (unpaired) electrons. The molecule has 1 unspecified atom stereocenters. The highest BCUT2D eigenvalue weighted by molar-refractivity contribution is 6.22. The van der Waals surface area contributed by atoms with Crippen molar-refractivity contribution >= 4 is 11.6 Å². The zero-order chi connectivity index (χ0) is 13.3. The molecule has 0 fully saturated rings. The van der Waals surface area contributed by atoms with Gasteiger partial charge in [-0.2, -0.15) is 0 Å². The number of benzene rings is 1. The number of hydrogen-bond donors (Lipinski definition) is 0. The van der Waals surface area contributed by atoms with Gasteiger partial charge in [0.15, 0.2) is 11.6 Å². The summed E-state index contributed by atoms with van der Waals surface area (Å²) in [7, 11) is 0. The van der Waals surface area contributed by atoms with Crippen molar-refractivity contribution in [2.45, 2.75) is 26.7 Å². The van der Waals surface area contributed by atoms with Gasteiger partial charge in [-0.1, -0.05) is 37.3 Å². The van der Waals surface area contributed by atoms with Crippen molar-refractivity contribution < 1.29 is 9.59 Å². The number of allylic oxidation sites excluding steroid dienone is 4. The molecule has 1 aromatic rings. The van der Waals surface area contributed by atoms with E-state index in [1.165, 1.54) is 6.08 Å². The smallest absolute Gasteiger partial charge is 0.185 e. The van der Waals surface area contributed by atoms with E-state index in [-0.39, 0.29) is 17.5 Å². The molecule has 1 aromatic carbocycles. The van der Waals surface area contributed by atoms with Gasteiger partial charge in [0.25, 0.3) is 0 Å². The van der Waals surface area contributed by atoms with Crippen LogP contribution in [0, 0.1) is 0 Å². The minimum absolute atomic E-state index is 0.0107. The minimum Gasteiger partial charge on any atom is -0.290 e. The standard InChI is InChI=1S/C16H16O2/c1-10-11(2)16(18)14(9-15(10)17)12(3)13-7-5-4-6-8-13/h4-9,12H,1-3H3. The summed E-state index contributed by atoms with van der Waals surface area (Å²) in [4.78, 5) is 24.0. The molecule has 2 rings (SSSR count). The second kappa shape index (κ2) is 4.73. The fourth-order valence-electron chi connectivity index (χ4n) is 2.13. The molecule has 2 nitrogen and oxygen atoms in total. The molecule has 0 aromatic heterocycles. The molecule has 1 atom stereocenters. The van der Waals surface area contributed by atoms with Crippen molar-refractivity contribution in [3.8, 4) is 0 Å². The summed E-state index contributed by atoms with van der Waals surface area (Å²) in [5.74, 6) is -0.112. The molecule has 0 saturated heterocycles. The van der Waals surface area contributed by atoms with Crippen molar-refractivity contribution in [1.82, 2.24) is 0 Å². The molecule has 0 bridgehead atoms. The van der Waals surface area contributed by atoms with E-state index < -0.39 is 0 Å². The van der Waals surface area contributed by atoms with Gasteiger partial charge in [-0.15, -0.1) is 0 Å². The fourth-order valence-corrected chi connectivity index (χ4v) is 2.13. The van der Waals surface area contributed by atoms with Gasteiger partial charge in [0.1, 0.15) is 0 Å². The first-order valence-corrected chi connectivity index (χ1v) is 6.05. The molecule has 18 heavy (non-hydrogen) atoms. The van der Waals surface area contributed by atoms with Crippen LogP contribution in [0.15, 0.2) is 53.1 Å². The van der Waals surface area contributed by atoms with Gasteiger partial charge in [0.05, 0.1) is 0 Å². The van der Waals surface area contributed by atoms with Gasteiger partial charge in [-0.25, -0.2) is 0 Å². The van der Waals surface area contributed by atoms with Gasteiger partial charge >= 0.3 is 0 Å². The van der Waals surface area contributed by atoms with E-state index >= 15 is 0 Å². The molecule has 0 heterocycles. The maximum Gasteiger partial charge on any atom is 0.185 e. The first-order valence-electron chi connectivity index (χ1n) is 6.05. The Morgan fingerprint density at radius 2 is 1.56 bits per heavy atom. The van der Waals surface area contributed by atoms with Crippen LogP contribution in [0.25, 0.3) is 0 Å². The first-order chi connectivity index (χ1) is 8.52. The first kappa shape index (κ1) is 12.5. The van der Waals surface area contributed by atoms with Crippen molar-refractivity contribution in [2.75, 3.05) is 0 Å². The Balaban J connectivity index is 2.39. The van der Waals surface area contributed by atoms with Gasteiger partial charge in [0, 0.05) is 22.6 Å². The molecule has 92 valence electrons. The Labute approximate surface area is 107 Å². The lowest BCUT2D eigenvalue weighted by Crippen LogP contribution is -2.19. The van der Waals surface area contributed by atoms with Gasteiger partial charge in [-0.3, -0.25) is 9.59 Å². The van der Waals surface area contributed by atoms with Gasteiger partial charge in [-0.05, 0) is 25.5 Å². The largest absolute Gasteiger partial charge is 0.290 e. The van der Waals surface area contributed by atoms with Crippen LogP contribution in [0.4, 0.5) is 0 Å². The number of carbonyl (C=O) groups is 2. The summed E-state index contributed by atoms with van der Waals surface area (Å²) in [6.45, 7) is 5.39. The Kier molecular flexibility index (Phi) is 3.28. The normalized spacial score (nSPS) is 17.8. The number of Topliss-reactive ketones (excluding diaryl/α,β-unsaturated/α-hetero) is 1. The van der Waals surface area contributed by atoms with E-state index in [4.69, 9.17) is 0 Å². The third kappa shape index (κ3) is 2.06. The summed E-state index contributed by atoms with van der Waals surface area (Å²) in [6, 6.07) is 9.77. The second-order valence-electron chi connectivity index (χ2n) is 4.68. The number of rotatable bonds is 2. The Morgan fingerprint density at radius 1 is 0.944 bits per heavy atom. The number of carbonyl (C=O) groups excluding carboxylic acids is 2. The van der Waals surface area contributed by atoms with Gasteiger partial charge < -0.3 is 0 Å². The van der Waals surface area contributed by atoms with Crippen LogP contribution >= 0.6 is 0 Å². The third-order valence-corrected chi connectivity index (χ3v) is 3.59. The second-order valence-corrected chi connectivity index (χ2v) is 4.68. The lowest BCUT2D eigenvalue weighted by atomic mass is 9.82. The average molecular weight is 240 g/mol. The maximum absolute atomic E-state index is 12.2. The Bertz CT molecular complexity index is 562. The highest BCUT2D eigenvalue weighted by atomic mass is 16.1. The SMILES string of the molecule is CC1=C(C)C(=O)C(C(C)c2ccccc2)=CC1=O. The summed E-state index contributed by atoms with van der Waals surface area (Å²) in [5, 5.41) is 0. The maximum atomic E-state index is 12.2. The van der Waals surface area contributed by atoms with E-state index in [1.54, 1.807) is 13.8 Å². The Morgan fingerprint density at radius 3 is 2.17 bits per heavy atom. The highest BCUT2D eigenvalue weighted by Crippen LogP contribution is 2.30. The monoisotopic (exact) mass is 240 g/mol. The molecule has 0 saturated carbocycles. The van der Waals surface area contributed by atoms with E-state index in [0.29, 0.717) is 16.7 Å². The number of ketones is 2. The van der Waals surface area contributed by atoms with Crippen LogP contribution in [-0.4, -0.2) is 11.6 Å². The van der Waals surface area contributed by atoms with E-state index in [9.17, 15) is 9.59 Å². The molecular weight excluding hydrogens is 224 g/mol. The van der Waals surface area contributed by atoms with Crippen LogP contribution in [-0.2, 0) is 9.59 Å². The molecular formula is C16H16O2. The van der Waals surface area contributed by atoms with Crippen molar-refractivity contribution in [3.63, 3.8) is 0 Å². The van der Waals surface area contributed by atoms with Crippen molar-refractivity contribution in [3.05, 3.63) is 58.7 Å². The lowest BCUT2D eigenvalue weighted by Gasteiger charge is -2.20.